The van der Waals surface area contributed by atoms with Crippen LogP contribution in [0.15, 0.2) is 18.2 Å². The third-order valence-electron chi connectivity index (χ3n) is 1.82. The highest BCUT2D eigenvalue weighted by Gasteiger charge is 2.06. The van der Waals surface area contributed by atoms with Crippen LogP contribution in [0.25, 0.3) is 0 Å². The van der Waals surface area contributed by atoms with E-state index in [1.165, 1.54) is 0 Å². The van der Waals surface area contributed by atoms with Gasteiger partial charge in [-0.2, -0.15) is 0 Å². The molecular weight excluding hydrogens is 182 g/mol. The van der Waals surface area contributed by atoms with Gasteiger partial charge in [-0.3, -0.25) is 4.79 Å². The molecule has 0 aliphatic carbocycles. The molecule has 1 aromatic carbocycles. The first-order valence-electron chi connectivity index (χ1n) is 4.14. The Morgan fingerprint density at radius 3 is 2.57 bits per heavy atom. The maximum Gasteiger partial charge on any atom is 0.298 e. The summed E-state index contributed by atoms with van der Waals surface area (Å²) in [5.41, 5.74) is 0.831. The summed E-state index contributed by atoms with van der Waals surface area (Å²) < 4.78 is 9.86. The Labute approximate surface area is 83.0 Å². The lowest BCUT2D eigenvalue weighted by Gasteiger charge is -2.16. The second-order valence-electron chi connectivity index (χ2n) is 2.94. The van der Waals surface area contributed by atoms with E-state index in [9.17, 15) is 4.79 Å². The number of ether oxygens (including phenoxy) is 2. The number of carbonyl (C=O) groups excluding carboxylic acids is 1. The zero-order chi connectivity index (χ0) is 10.6. The predicted octanol–water partition coefficient (Wildman–Crippen LogP) is 1.30. The Morgan fingerprint density at radius 1 is 1.36 bits per heavy atom. The molecule has 0 amide bonds. The third kappa shape index (κ3) is 2.16. The number of hydrogen-bond acceptors (Lipinski definition) is 4. The number of anilines is 1. The van der Waals surface area contributed by atoms with Gasteiger partial charge in [0.25, 0.3) is 6.47 Å². The molecule has 1 rings (SSSR count). The van der Waals surface area contributed by atoms with Crippen LogP contribution in [0.1, 0.15) is 0 Å². The van der Waals surface area contributed by atoms with Gasteiger partial charge in [0.05, 0.1) is 12.8 Å². The lowest BCUT2D eigenvalue weighted by molar-refractivity contribution is -0.120. The van der Waals surface area contributed by atoms with Gasteiger partial charge in [0.2, 0.25) is 0 Å². The molecular formula is C10H13NO3. The largest absolute Gasteiger partial charge is 0.497 e. The fraction of sp³-hybridized carbons (Fsp3) is 0.300. The predicted molar refractivity (Wildman–Crippen MR) is 54.0 cm³/mol. The first kappa shape index (κ1) is 10.4. The summed E-state index contributed by atoms with van der Waals surface area (Å²) in [5.74, 6) is 1.15. The van der Waals surface area contributed by atoms with E-state index < -0.39 is 0 Å². The van der Waals surface area contributed by atoms with E-state index in [0.717, 1.165) is 5.69 Å². The first-order chi connectivity index (χ1) is 6.69. The molecule has 0 N–H and O–H groups in total. The van der Waals surface area contributed by atoms with Gasteiger partial charge in [0.1, 0.15) is 5.75 Å². The number of carbonyl (C=O) groups is 1. The molecule has 0 saturated heterocycles. The van der Waals surface area contributed by atoms with Gasteiger partial charge in [-0.25, -0.2) is 0 Å². The van der Waals surface area contributed by atoms with Gasteiger partial charge in [-0.05, 0) is 12.1 Å². The van der Waals surface area contributed by atoms with Crippen LogP contribution in [0.2, 0.25) is 0 Å². The standard InChI is InChI=1S/C10H13NO3/c1-11(2)9-5-4-8(13-3)6-10(9)14-7-12/h4-7H,1-3H3. The summed E-state index contributed by atoms with van der Waals surface area (Å²) in [4.78, 5) is 12.1. The Bertz CT molecular complexity index is 323. The molecule has 0 spiro atoms. The third-order valence-corrected chi connectivity index (χ3v) is 1.82. The number of hydrogen-bond donors (Lipinski definition) is 0. The Kier molecular flexibility index (Phi) is 3.34. The highest BCUT2D eigenvalue weighted by molar-refractivity contribution is 5.63. The fourth-order valence-electron chi connectivity index (χ4n) is 1.14. The average Bonchev–Trinajstić information content (AvgIpc) is 2.17. The maximum absolute atomic E-state index is 10.3. The molecule has 4 heteroatoms. The monoisotopic (exact) mass is 195 g/mol. The van der Waals surface area contributed by atoms with Crippen molar-refractivity contribution in [1.29, 1.82) is 0 Å². The maximum atomic E-state index is 10.3. The van der Waals surface area contributed by atoms with E-state index >= 15 is 0 Å². The Hall–Kier alpha value is -1.71. The summed E-state index contributed by atoms with van der Waals surface area (Å²) in [6.45, 7) is 0.405. The Morgan fingerprint density at radius 2 is 2.07 bits per heavy atom. The van der Waals surface area contributed by atoms with Crippen molar-refractivity contribution in [3.05, 3.63) is 18.2 Å². The zero-order valence-electron chi connectivity index (χ0n) is 8.48. The van der Waals surface area contributed by atoms with Crippen molar-refractivity contribution < 1.29 is 14.3 Å². The molecule has 0 radical (unpaired) electrons. The molecule has 0 aromatic heterocycles. The van der Waals surface area contributed by atoms with Crippen molar-refractivity contribution >= 4 is 12.2 Å². The minimum atomic E-state index is 0.405. The molecule has 1 aromatic rings. The van der Waals surface area contributed by atoms with Gasteiger partial charge >= 0.3 is 0 Å². The van der Waals surface area contributed by atoms with Gasteiger partial charge in [-0.1, -0.05) is 0 Å². The van der Waals surface area contributed by atoms with Crippen LogP contribution in [0, 0.1) is 0 Å². The zero-order valence-corrected chi connectivity index (χ0v) is 8.48. The molecule has 0 saturated carbocycles. The number of nitrogens with zero attached hydrogens (tertiary/aromatic N) is 1. The SMILES string of the molecule is COc1ccc(N(C)C)c(OC=O)c1. The van der Waals surface area contributed by atoms with Crippen molar-refractivity contribution in [3.63, 3.8) is 0 Å². The van der Waals surface area contributed by atoms with Crippen molar-refractivity contribution in [3.8, 4) is 11.5 Å². The van der Waals surface area contributed by atoms with Gasteiger partial charge in [0.15, 0.2) is 5.75 Å². The van der Waals surface area contributed by atoms with Gasteiger partial charge < -0.3 is 14.4 Å². The minimum Gasteiger partial charge on any atom is -0.497 e. The van der Waals surface area contributed by atoms with E-state index in [2.05, 4.69) is 0 Å². The average molecular weight is 195 g/mol. The molecule has 4 nitrogen and oxygen atoms in total. The number of benzene rings is 1. The quantitative estimate of drug-likeness (QED) is 0.679. The van der Waals surface area contributed by atoms with E-state index in [0.29, 0.717) is 18.0 Å². The van der Waals surface area contributed by atoms with Crippen LogP contribution in [0.3, 0.4) is 0 Å². The Balaban J connectivity index is 3.09. The molecule has 0 unspecified atom stereocenters. The van der Waals surface area contributed by atoms with Crippen LogP contribution >= 0.6 is 0 Å². The smallest absolute Gasteiger partial charge is 0.298 e. The van der Waals surface area contributed by atoms with Crippen molar-refractivity contribution in [1.82, 2.24) is 0 Å². The highest BCUT2D eigenvalue weighted by Crippen LogP contribution is 2.30. The molecule has 0 atom stereocenters. The second-order valence-corrected chi connectivity index (χ2v) is 2.94. The van der Waals surface area contributed by atoms with Crippen LogP contribution < -0.4 is 14.4 Å². The number of methoxy groups -OCH3 is 1. The van der Waals surface area contributed by atoms with E-state index in [1.54, 1.807) is 13.2 Å². The first-order valence-corrected chi connectivity index (χ1v) is 4.14. The summed E-state index contributed by atoms with van der Waals surface area (Å²) in [5, 5.41) is 0. The van der Waals surface area contributed by atoms with Crippen molar-refractivity contribution in [2.75, 3.05) is 26.1 Å². The van der Waals surface area contributed by atoms with Crippen LogP contribution in [0.5, 0.6) is 11.5 Å². The van der Waals surface area contributed by atoms with E-state index in [4.69, 9.17) is 9.47 Å². The molecule has 14 heavy (non-hydrogen) atoms. The van der Waals surface area contributed by atoms with Gasteiger partial charge in [-0.15, -0.1) is 0 Å². The summed E-state index contributed by atoms with van der Waals surface area (Å²) in [6.07, 6.45) is 0. The lowest BCUT2D eigenvalue weighted by atomic mass is 10.2. The van der Waals surface area contributed by atoms with Crippen LogP contribution in [-0.2, 0) is 4.79 Å². The lowest BCUT2D eigenvalue weighted by Crippen LogP contribution is -2.10. The fourth-order valence-corrected chi connectivity index (χ4v) is 1.14. The molecule has 0 heterocycles. The van der Waals surface area contributed by atoms with Crippen LogP contribution in [-0.4, -0.2) is 27.7 Å². The summed E-state index contributed by atoms with van der Waals surface area (Å²) >= 11 is 0. The summed E-state index contributed by atoms with van der Waals surface area (Å²) in [7, 11) is 5.31. The summed E-state index contributed by atoms with van der Waals surface area (Å²) in [6, 6.07) is 5.31. The van der Waals surface area contributed by atoms with Crippen LogP contribution in [0.4, 0.5) is 5.69 Å². The second kappa shape index (κ2) is 4.50. The molecule has 76 valence electrons. The molecule has 0 aliphatic rings. The number of rotatable bonds is 4. The molecule has 0 aliphatic heterocycles. The minimum absolute atomic E-state index is 0.405. The topological polar surface area (TPSA) is 38.8 Å². The normalized spacial score (nSPS) is 9.36. The van der Waals surface area contributed by atoms with Crippen molar-refractivity contribution in [2.45, 2.75) is 0 Å². The van der Waals surface area contributed by atoms with E-state index in [1.807, 2.05) is 31.1 Å². The van der Waals surface area contributed by atoms with Gasteiger partial charge in [0, 0.05) is 20.2 Å². The van der Waals surface area contributed by atoms with E-state index in [-0.39, 0.29) is 0 Å². The molecule has 0 fully saturated rings. The van der Waals surface area contributed by atoms with Crippen molar-refractivity contribution in [2.24, 2.45) is 0 Å². The molecule has 0 bridgehead atoms. The highest BCUT2D eigenvalue weighted by atomic mass is 16.5.